The van der Waals surface area contributed by atoms with Gasteiger partial charge in [-0.05, 0) is 17.7 Å². The van der Waals surface area contributed by atoms with Crippen LogP contribution in [0.2, 0.25) is 0 Å². The standard InChI is InChI=1S/C12H11BrFN3O2/c1-16-6-10(15)11(18)17(12(16)19)5-7-2-3-8(14)4-9(7)13/h2-4,6H,5,15H2,1H3. The minimum absolute atomic E-state index is 0.0136. The molecule has 0 bridgehead atoms. The number of nitrogen functional groups attached to an aromatic ring is 1. The largest absolute Gasteiger partial charge is 0.393 e. The SMILES string of the molecule is Cn1cc(N)c(=O)n(Cc2ccc(F)cc2Br)c1=O. The molecular weight excluding hydrogens is 317 g/mol. The van der Waals surface area contributed by atoms with E-state index in [0.29, 0.717) is 10.0 Å². The summed E-state index contributed by atoms with van der Waals surface area (Å²) >= 11 is 3.20. The smallest absolute Gasteiger partial charge is 0.331 e. The van der Waals surface area contributed by atoms with Crippen molar-refractivity contribution in [2.24, 2.45) is 7.05 Å². The Morgan fingerprint density at radius 2 is 2.05 bits per heavy atom. The van der Waals surface area contributed by atoms with Crippen molar-refractivity contribution < 1.29 is 4.39 Å². The van der Waals surface area contributed by atoms with Gasteiger partial charge in [0.05, 0.1) is 6.54 Å². The number of rotatable bonds is 2. The van der Waals surface area contributed by atoms with Crippen LogP contribution in [0, 0.1) is 5.82 Å². The minimum atomic E-state index is -0.556. The van der Waals surface area contributed by atoms with Gasteiger partial charge < -0.3 is 10.3 Å². The predicted molar refractivity (Wildman–Crippen MR) is 73.6 cm³/mol. The van der Waals surface area contributed by atoms with Crippen LogP contribution in [0.1, 0.15) is 5.56 Å². The maximum atomic E-state index is 13.0. The van der Waals surface area contributed by atoms with Crippen LogP contribution >= 0.6 is 15.9 Å². The van der Waals surface area contributed by atoms with Crippen molar-refractivity contribution in [3.05, 3.63) is 61.1 Å². The molecule has 1 aromatic carbocycles. The van der Waals surface area contributed by atoms with Gasteiger partial charge in [0, 0.05) is 17.7 Å². The molecule has 0 fully saturated rings. The third-order valence-corrected chi connectivity index (χ3v) is 3.44. The quantitative estimate of drug-likeness (QED) is 0.897. The fourth-order valence-corrected chi connectivity index (χ4v) is 2.19. The van der Waals surface area contributed by atoms with Crippen LogP contribution in [0.15, 0.2) is 38.5 Å². The number of halogens is 2. The second-order valence-electron chi connectivity index (χ2n) is 4.10. The van der Waals surface area contributed by atoms with Gasteiger partial charge in [-0.25, -0.2) is 9.18 Å². The van der Waals surface area contributed by atoms with Crippen molar-refractivity contribution in [3.63, 3.8) is 0 Å². The van der Waals surface area contributed by atoms with E-state index in [1.807, 2.05) is 0 Å². The van der Waals surface area contributed by atoms with Crippen LogP contribution in [0.25, 0.3) is 0 Å². The van der Waals surface area contributed by atoms with Crippen molar-refractivity contribution in [3.8, 4) is 0 Å². The number of nitrogens with zero attached hydrogens (tertiary/aromatic N) is 2. The van der Waals surface area contributed by atoms with Gasteiger partial charge in [0.1, 0.15) is 11.5 Å². The maximum absolute atomic E-state index is 13.0. The van der Waals surface area contributed by atoms with E-state index in [-0.39, 0.29) is 12.2 Å². The summed E-state index contributed by atoms with van der Waals surface area (Å²) in [5, 5.41) is 0. The van der Waals surface area contributed by atoms with Crippen molar-refractivity contribution in [2.75, 3.05) is 5.73 Å². The predicted octanol–water partition coefficient (Wildman–Crippen LogP) is 1.08. The van der Waals surface area contributed by atoms with Crippen LogP contribution in [0.4, 0.5) is 10.1 Å². The summed E-state index contributed by atoms with van der Waals surface area (Å²) in [5.41, 5.74) is 5.11. The number of aryl methyl sites for hydroxylation is 1. The first kappa shape index (κ1) is 13.5. The molecule has 0 aliphatic heterocycles. The normalized spacial score (nSPS) is 10.7. The van der Waals surface area contributed by atoms with E-state index >= 15 is 0 Å². The van der Waals surface area contributed by atoms with Gasteiger partial charge in [0.2, 0.25) is 0 Å². The fourth-order valence-electron chi connectivity index (χ4n) is 1.71. The van der Waals surface area contributed by atoms with Gasteiger partial charge in [-0.3, -0.25) is 9.36 Å². The Balaban J connectivity index is 2.56. The highest BCUT2D eigenvalue weighted by molar-refractivity contribution is 9.10. The van der Waals surface area contributed by atoms with E-state index in [4.69, 9.17) is 5.73 Å². The Kier molecular flexibility index (Phi) is 3.57. The van der Waals surface area contributed by atoms with Crippen LogP contribution in [-0.4, -0.2) is 9.13 Å². The van der Waals surface area contributed by atoms with E-state index in [9.17, 15) is 14.0 Å². The molecule has 0 radical (unpaired) electrons. The topological polar surface area (TPSA) is 70.0 Å². The zero-order valence-electron chi connectivity index (χ0n) is 10.1. The molecule has 0 saturated heterocycles. The van der Waals surface area contributed by atoms with E-state index < -0.39 is 17.1 Å². The number of anilines is 1. The molecule has 0 aliphatic carbocycles. The van der Waals surface area contributed by atoms with E-state index in [2.05, 4.69) is 15.9 Å². The third-order valence-electron chi connectivity index (χ3n) is 2.70. The summed E-state index contributed by atoms with van der Waals surface area (Å²) in [5.74, 6) is -0.400. The number of hydrogen-bond donors (Lipinski definition) is 1. The highest BCUT2D eigenvalue weighted by Gasteiger charge is 2.10. The molecule has 2 N–H and O–H groups in total. The van der Waals surface area contributed by atoms with Gasteiger partial charge in [0.15, 0.2) is 0 Å². The molecule has 0 amide bonds. The second-order valence-corrected chi connectivity index (χ2v) is 4.96. The number of aromatic nitrogens is 2. The molecule has 1 heterocycles. The Labute approximate surface area is 116 Å². The molecule has 100 valence electrons. The summed E-state index contributed by atoms with van der Waals surface area (Å²) < 4.78 is 15.7. The number of benzene rings is 1. The first-order valence-corrected chi connectivity index (χ1v) is 6.19. The van der Waals surface area contributed by atoms with Gasteiger partial charge in [0.25, 0.3) is 5.56 Å². The van der Waals surface area contributed by atoms with Gasteiger partial charge in [-0.2, -0.15) is 0 Å². The number of hydrogen-bond acceptors (Lipinski definition) is 3. The highest BCUT2D eigenvalue weighted by atomic mass is 79.9. The molecule has 19 heavy (non-hydrogen) atoms. The summed E-state index contributed by atoms with van der Waals surface area (Å²) in [7, 11) is 1.51. The first-order valence-electron chi connectivity index (χ1n) is 5.40. The first-order chi connectivity index (χ1) is 8.90. The minimum Gasteiger partial charge on any atom is -0.393 e. The van der Waals surface area contributed by atoms with Gasteiger partial charge in [-0.15, -0.1) is 0 Å². The lowest BCUT2D eigenvalue weighted by Gasteiger charge is -2.09. The molecule has 1 aromatic heterocycles. The summed E-state index contributed by atoms with van der Waals surface area (Å²) in [6, 6.07) is 4.05. The van der Waals surface area contributed by atoms with Crippen LogP contribution in [0.5, 0.6) is 0 Å². The molecule has 0 unspecified atom stereocenters. The molecule has 0 saturated carbocycles. The van der Waals surface area contributed by atoms with Crippen molar-refractivity contribution in [2.45, 2.75) is 6.54 Å². The van der Waals surface area contributed by atoms with Crippen molar-refractivity contribution in [1.82, 2.24) is 9.13 Å². The van der Waals surface area contributed by atoms with Crippen LogP contribution in [-0.2, 0) is 13.6 Å². The molecule has 0 aliphatic rings. The van der Waals surface area contributed by atoms with Gasteiger partial charge >= 0.3 is 5.69 Å². The van der Waals surface area contributed by atoms with Crippen LogP contribution in [0.3, 0.4) is 0 Å². The zero-order chi connectivity index (χ0) is 14.2. The lowest BCUT2D eigenvalue weighted by atomic mass is 10.2. The summed E-state index contributed by atoms with van der Waals surface area (Å²) in [4.78, 5) is 23.8. The summed E-state index contributed by atoms with van der Waals surface area (Å²) in [6.45, 7) is 0.0252. The average molecular weight is 328 g/mol. The number of nitrogens with two attached hydrogens (primary N) is 1. The van der Waals surface area contributed by atoms with Gasteiger partial charge in [-0.1, -0.05) is 22.0 Å². The van der Waals surface area contributed by atoms with E-state index in [1.54, 1.807) is 0 Å². The average Bonchev–Trinajstić information content (AvgIpc) is 2.34. The maximum Gasteiger partial charge on any atom is 0.331 e. The summed E-state index contributed by atoms with van der Waals surface area (Å²) in [6.07, 6.45) is 1.28. The molecule has 5 nitrogen and oxygen atoms in total. The third kappa shape index (κ3) is 2.60. The van der Waals surface area contributed by atoms with Crippen molar-refractivity contribution >= 4 is 21.6 Å². The lowest BCUT2D eigenvalue weighted by molar-refractivity contribution is 0.619. The lowest BCUT2D eigenvalue weighted by Crippen LogP contribution is -2.40. The second kappa shape index (κ2) is 5.00. The van der Waals surface area contributed by atoms with Crippen LogP contribution < -0.4 is 17.0 Å². The zero-order valence-corrected chi connectivity index (χ0v) is 11.6. The molecule has 7 heteroatoms. The molecule has 2 aromatic rings. The Bertz CT molecular complexity index is 717. The monoisotopic (exact) mass is 327 g/mol. The Morgan fingerprint density at radius 1 is 1.37 bits per heavy atom. The highest BCUT2D eigenvalue weighted by Crippen LogP contribution is 2.18. The Morgan fingerprint density at radius 3 is 2.68 bits per heavy atom. The fraction of sp³-hybridized carbons (Fsp3) is 0.167. The molecule has 2 rings (SSSR count). The molecule has 0 spiro atoms. The van der Waals surface area contributed by atoms with E-state index in [1.165, 1.54) is 36.0 Å². The Hall–Kier alpha value is -1.89. The molecule has 0 atom stereocenters. The van der Waals surface area contributed by atoms with Crippen molar-refractivity contribution in [1.29, 1.82) is 0 Å². The van der Waals surface area contributed by atoms with E-state index in [0.717, 1.165) is 4.57 Å². The molecular formula is C12H11BrFN3O2.